The summed E-state index contributed by atoms with van der Waals surface area (Å²) in [6, 6.07) is -2.41. The molecule has 0 rings (SSSR count). The first kappa shape index (κ1) is 25.5. The highest BCUT2D eigenvalue weighted by Gasteiger charge is 2.26. The number of amides is 2. The van der Waals surface area contributed by atoms with E-state index in [0.29, 0.717) is 12.8 Å². The second kappa shape index (κ2) is 11.4. The first-order valence-corrected chi connectivity index (χ1v) is 11.9. The molecule has 0 bridgehead atoms. The van der Waals surface area contributed by atoms with Crippen LogP contribution >= 0.6 is 7.75 Å². The molecular formula is C14H28N3O8PS. The zero-order valence-corrected chi connectivity index (χ0v) is 17.3. The summed E-state index contributed by atoms with van der Waals surface area (Å²) in [4.78, 5) is 52.7. The van der Waals surface area contributed by atoms with Gasteiger partial charge in [0.1, 0.15) is 12.1 Å². The quantitative estimate of drug-likeness (QED) is 0.273. The zero-order chi connectivity index (χ0) is 21.3. The Morgan fingerprint density at radius 3 is 2.19 bits per heavy atom. The maximum Gasteiger partial charge on any atom is 0.456 e. The van der Waals surface area contributed by atoms with Gasteiger partial charge in [0.25, 0.3) is 0 Å². The summed E-state index contributed by atoms with van der Waals surface area (Å²) in [5.74, 6) is -3.00. The Balaban J connectivity index is 5.18. The molecule has 13 heteroatoms. The predicted octanol–water partition coefficient (Wildman–Crippen LogP) is 0.221. The fraction of sp³-hybridized carbons (Fsp3) is 0.786. The Morgan fingerprint density at radius 2 is 1.74 bits per heavy atom. The molecule has 0 heterocycles. The molecule has 0 aliphatic carbocycles. The fourth-order valence-corrected chi connectivity index (χ4v) is 5.76. The van der Waals surface area contributed by atoms with E-state index in [-0.39, 0.29) is 24.5 Å². The van der Waals surface area contributed by atoms with Crippen molar-refractivity contribution in [3.05, 3.63) is 0 Å². The molecule has 2 unspecified atom stereocenters. The topological polar surface area (TPSA) is 182 Å². The van der Waals surface area contributed by atoms with Crippen molar-refractivity contribution in [2.75, 3.05) is 11.5 Å². The summed E-state index contributed by atoms with van der Waals surface area (Å²) < 4.78 is 26.9. The molecule has 0 spiro atoms. The van der Waals surface area contributed by atoms with Crippen LogP contribution in [0.4, 0.5) is 0 Å². The van der Waals surface area contributed by atoms with Crippen LogP contribution in [-0.2, 0) is 28.7 Å². The second-order valence-corrected chi connectivity index (χ2v) is 10.0. The third-order valence-electron chi connectivity index (χ3n) is 3.50. The maximum absolute atomic E-state index is 12.7. The molecule has 0 fully saturated rings. The predicted molar refractivity (Wildman–Crippen MR) is 99.3 cm³/mol. The maximum atomic E-state index is 12.7. The van der Waals surface area contributed by atoms with Crippen molar-refractivity contribution < 1.29 is 38.1 Å². The van der Waals surface area contributed by atoms with E-state index in [0.717, 1.165) is 0 Å². The number of aliphatic carboxylic acids is 1. The van der Waals surface area contributed by atoms with Crippen LogP contribution in [-0.4, -0.2) is 60.5 Å². The van der Waals surface area contributed by atoms with Crippen LogP contribution in [0.5, 0.6) is 0 Å². The van der Waals surface area contributed by atoms with Gasteiger partial charge in [-0.3, -0.25) is 9.59 Å². The summed E-state index contributed by atoms with van der Waals surface area (Å²) in [5, 5.41) is 13.9. The molecule has 2 amide bonds. The van der Waals surface area contributed by atoms with Crippen LogP contribution in [0.1, 0.15) is 46.5 Å². The van der Waals surface area contributed by atoms with Gasteiger partial charge in [-0.1, -0.05) is 20.3 Å². The molecule has 0 aromatic carbocycles. The van der Waals surface area contributed by atoms with Gasteiger partial charge < -0.3 is 25.5 Å². The van der Waals surface area contributed by atoms with Crippen LogP contribution in [0, 0.1) is 0 Å². The Bertz CT molecular complexity index is 698. The fourth-order valence-electron chi connectivity index (χ4n) is 2.01. The highest BCUT2D eigenvalue weighted by atomic mass is 32.2. The first-order valence-electron chi connectivity index (χ1n) is 8.45. The Kier molecular flexibility index (Phi) is 10.7. The summed E-state index contributed by atoms with van der Waals surface area (Å²) in [7, 11) is -8.25. The minimum Gasteiger partial charge on any atom is -0.480 e. The standard InChI is InChI=1S/C14H28N3O8PS/c1-4-6-8-27(25,17-26(22,23)24)9-7-11(14(20)21)16-13(19)10(3)15-12(18)5-2/h10-11H,4-9H2,1-3H3,(H,15,18)(H,16,19)(H,20,21)(H2,22,23,24)/t10-,11?,27?/m0/s1. The average molecular weight is 429 g/mol. The van der Waals surface area contributed by atoms with E-state index in [9.17, 15) is 28.3 Å². The smallest absolute Gasteiger partial charge is 0.456 e. The van der Waals surface area contributed by atoms with Crippen molar-refractivity contribution in [2.45, 2.75) is 58.5 Å². The van der Waals surface area contributed by atoms with Gasteiger partial charge in [0.05, 0.1) is 9.73 Å². The second-order valence-electron chi connectivity index (χ2n) is 5.96. The molecule has 158 valence electrons. The van der Waals surface area contributed by atoms with E-state index >= 15 is 0 Å². The van der Waals surface area contributed by atoms with E-state index < -0.39 is 47.2 Å². The number of nitrogens with zero attached hydrogens (tertiary/aromatic N) is 1. The molecule has 5 N–H and O–H groups in total. The molecule has 0 aromatic rings. The molecule has 3 atom stereocenters. The van der Waals surface area contributed by atoms with Gasteiger partial charge in [-0.2, -0.15) is 0 Å². The van der Waals surface area contributed by atoms with Gasteiger partial charge in [-0.05, 0) is 19.8 Å². The van der Waals surface area contributed by atoms with Crippen molar-refractivity contribution in [2.24, 2.45) is 4.13 Å². The number of rotatable bonds is 12. The third-order valence-corrected chi connectivity index (χ3v) is 7.35. The molecule has 0 aliphatic heterocycles. The summed E-state index contributed by atoms with van der Waals surface area (Å²) >= 11 is 0. The summed E-state index contributed by atoms with van der Waals surface area (Å²) in [6.45, 7) is 4.77. The van der Waals surface area contributed by atoms with Crippen molar-refractivity contribution in [1.82, 2.24) is 10.6 Å². The summed E-state index contributed by atoms with van der Waals surface area (Å²) in [5.41, 5.74) is 0. The summed E-state index contributed by atoms with van der Waals surface area (Å²) in [6.07, 6.45) is 0.832. The lowest BCUT2D eigenvalue weighted by molar-refractivity contribution is -0.142. The van der Waals surface area contributed by atoms with E-state index in [2.05, 4.69) is 14.8 Å². The van der Waals surface area contributed by atoms with Gasteiger partial charge in [0.15, 0.2) is 0 Å². The molecule has 11 nitrogen and oxygen atoms in total. The van der Waals surface area contributed by atoms with Crippen molar-refractivity contribution in [1.29, 1.82) is 0 Å². The number of carboxylic acids is 1. The number of carbonyl (C=O) groups is 3. The number of carboxylic acid groups (broad SMARTS) is 1. The van der Waals surface area contributed by atoms with Crippen LogP contribution in [0.15, 0.2) is 4.13 Å². The van der Waals surface area contributed by atoms with Crippen molar-refractivity contribution in [3.63, 3.8) is 0 Å². The third kappa shape index (κ3) is 11.1. The van der Waals surface area contributed by atoms with Gasteiger partial charge in [-0.15, -0.1) is 4.13 Å². The molecule has 0 radical (unpaired) electrons. The molecule has 0 aliphatic rings. The van der Waals surface area contributed by atoms with Crippen LogP contribution in [0.3, 0.4) is 0 Å². The molecule has 0 saturated heterocycles. The van der Waals surface area contributed by atoms with Crippen molar-refractivity contribution >= 4 is 35.3 Å². The minimum atomic E-state index is -4.91. The lowest BCUT2D eigenvalue weighted by atomic mass is 10.2. The van der Waals surface area contributed by atoms with E-state index in [1.165, 1.54) is 6.92 Å². The number of nitrogens with one attached hydrogen (secondary N) is 2. The minimum absolute atomic E-state index is 0.0855. The van der Waals surface area contributed by atoms with E-state index in [1.54, 1.807) is 13.8 Å². The molecule has 0 saturated carbocycles. The van der Waals surface area contributed by atoms with Crippen LogP contribution in [0.25, 0.3) is 0 Å². The van der Waals surface area contributed by atoms with E-state index in [4.69, 9.17) is 9.79 Å². The normalized spacial score (nSPS) is 15.9. The molecular weight excluding hydrogens is 401 g/mol. The highest BCUT2D eigenvalue weighted by Crippen LogP contribution is 2.38. The Morgan fingerprint density at radius 1 is 1.15 bits per heavy atom. The van der Waals surface area contributed by atoms with Gasteiger partial charge in [0, 0.05) is 17.9 Å². The largest absolute Gasteiger partial charge is 0.480 e. The SMILES string of the molecule is CCCCS(=O)(CCC(NC(=O)[C@H](C)NC(=O)CC)C(=O)O)=NP(=O)(O)O. The first-order chi connectivity index (χ1) is 12.3. The number of hydrogen-bond donors (Lipinski definition) is 5. The Hall–Kier alpha value is -1.49. The molecule has 27 heavy (non-hydrogen) atoms. The molecule has 0 aromatic heterocycles. The van der Waals surface area contributed by atoms with Crippen molar-refractivity contribution in [3.8, 4) is 0 Å². The number of hydrogen-bond acceptors (Lipinski definition) is 5. The van der Waals surface area contributed by atoms with Gasteiger partial charge in [-0.25, -0.2) is 13.6 Å². The van der Waals surface area contributed by atoms with Crippen LogP contribution < -0.4 is 10.6 Å². The Labute approximate surface area is 158 Å². The lowest BCUT2D eigenvalue weighted by Crippen LogP contribution is -2.50. The van der Waals surface area contributed by atoms with Gasteiger partial charge in [0.2, 0.25) is 11.8 Å². The lowest BCUT2D eigenvalue weighted by Gasteiger charge is -2.19. The van der Waals surface area contributed by atoms with Gasteiger partial charge >= 0.3 is 13.7 Å². The highest BCUT2D eigenvalue weighted by molar-refractivity contribution is 7.96. The number of carbonyl (C=O) groups excluding carboxylic acids is 2. The average Bonchev–Trinajstić information content (AvgIpc) is 2.54. The van der Waals surface area contributed by atoms with E-state index in [1.807, 2.05) is 0 Å². The zero-order valence-electron chi connectivity index (χ0n) is 15.6. The number of unbranched alkanes of at least 4 members (excludes halogenated alkanes) is 1. The monoisotopic (exact) mass is 429 g/mol. The van der Waals surface area contributed by atoms with Crippen LogP contribution in [0.2, 0.25) is 0 Å².